The minimum absolute atomic E-state index is 0.0612. The number of hydrogen-bond acceptors (Lipinski definition) is 2. The van der Waals surface area contributed by atoms with E-state index in [1.54, 1.807) is 11.9 Å². The molecule has 0 heterocycles. The first-order chi connectivity index (χ1) is 9.41. The van der Waals surface area contributed by atoms with Gasteiger partial charge >= 0.3 is 5.97 Å². The van der Waals surface area contributed by atoms with E-state index in [4.69, 9.17) is 5.11 Å². The van der Waals surface area contributed by atoms with Gasteiger partial charge in [-0.15, -0.1) is 0 Å². The first-order valence-corrected chi connectivity index (χ1v) is 6.93. The molecule has 1 amide bonds. The molecule has 0 saturated heterocycles. The summed E-state index contributed by atoms with van der Waals surface area (Å²) in [7, 11) is 1.73. The number of carbonyl (C=O) groups excluding carboxylic acids is 1. The minimum atomic E-state index is -0.820. The van der Waals surface area contributed by atoms with Crippen molar-refractivity contribution in [2.75, 3.05) is 13.6 Å². The molecule has 1 N–H and O–H groups in total. The lowest BCUT2D eigenvalue weighted by atomic mass is 9.93. The average molecular weight is 277 g/mol. The van der Waals surface area contributed by atoms with Crippen LogP contribution in [0.3, 0.4) is 0 Å². The largest absolute Gasteiger partial charge is 0.481 e. The van der Waals surface area contributed by atoms with Gasteiger partial charge in [-0.05, 0) is 30.4 Å². The van der Waals surface area contributed by atoms with Gasteiger partial charge in [-0.25, -0.2) is 0 Å². The Hall–Kier alpha value is -1.84. The number of amides is 1. The van der Waals surface area contributed by atoms with Crippen LogP contribution >= 0.6 is 0 Å². The second-order valence-corrected chi connectivity index (χ2v) is 5.27. The van der Waals surface area contributed by atoms with Crippen LogP contribution in [0.2, 0.25) is 0 Å². The van der Waals surface area contributed by atoms with E-state index < -0.39 is 5.97 Å². The molecular formula is C16H23NO3. The molecule has 1 rings (SSSR count). The molecule has 0 aliphatic rings. The molecule has 0 spiro atoms. The predicted molar refractivity (Wildman–Crippen MR) is 78.7 cm³/mol. The third-order valence-corrected chi connectivity index (χ3v) is 3.51. The highest BCUT2D eigenvalue weighted by Crippen LogP contribution is 2.22. The van der Waals surface area contributed by atoms with Crippen LogP contribution in [0.1, 0.15) is 43.2 Å². The Bertz CT molecular complexity index is 471. The van der Waals surface area contributed by atoms with Gasteiger partial charge in [0.15, 0.2) is 0 Å². The van der Waals surface area contributed by atoms with Gasteiger partial charge in [0.25, 0.3) is 0 Å². The Morgan fingerprint density at radius 2 is 1.95 bits per heavy atom. The van der Waals surface area contributed by atoms with Crippen LogP contribution in [0.25, 0.3) is 0 Å². The first kappa shape index (κ1) is 16.2. The van der Waals surface area contributed by atoms with E-state index in [9.17, 15) is 9.59 Å². The Balaban J connectivity index is 2.49. The van der Waals surface area contributed by atoms with Gasteiger partial charge in [-0.3, -0.25) is 9.59 Å². The summed E-state index contributed by atoms with van der Waals surface area (Å²) in [4.78, 5) is 24.2. The summed E-state index contributed by atoms with van der Waals surface area (Å²) in [6.45, 7) is 4.59. The number of rotatable bonds is 7. The lowest BCUT2D eigenvalue weighted by molar-refractivity contribution is -0.138. The SMILES string of the molecule is Cc1ccccc1C(C)CC(=O)N(C)CCCC(=O)O. The number of hydrogen-bond donors (Lipinski definition) is 1. The molecule has 20 heavy (non-hydrogen) atoms. The van der Waals surface area contributed by atoms with E-state index >= 15 is 0 Å². The van der Waals surface area contributed by atoms with Crippen molar-refractivity contribution in [2.24, 2.45) is 0 Å². The van der Waals surface area contributed by atoms with Gasteiger partial charge in [0.05, 0.1) is 0 Å². The molecule has 0 fully saturated rings. The summed E-state index contributed by atoms with van der Waals surface area (Å²) in [6, 6.07) is 8.08. The summed E-state index contributed by atoms with van der Waals surface area (Å²) >= 11 is 0. The van der Waals surface area contributed by atoms with Crippen LogP contribution in [0, 0.1) is 6.92 Å². The van der Waals surface area contributed by atoms with Gasteiger partial charge in [-0.2, -0.15) is 0 Å². The highest BCUT2D eigenvalue weighted by Gasteiger charge is 2.16. The van der Waals surface area contributed by atoms with Gasteiger partial charge in [0.1, 0.15) is 0 Å². The minimum Gasteiger partial charge on any atom is -0.481 e. The molecule has 110 valence electrons. The molecule has 1 atom stereocenters. The van der Waals surface area contributed by atoms with Crippen molar-refractivity contribution in [3.8, 4) is 0 Å². The maximum absolute atomic E-state index is 12.1. The lowest BCUT2D eigenvalue weighted by Gasteiger charge is -2.20. The molecule has 0 bridgehead atoms. The van der Waals surface area contributed by atoms with Crippen molar-refractivity contribution in [1.29, 1.82) is 0 Å². The molecule has 0 aliphatic heterocycles. The van der Waals surface area contributed by atoms with Crippen LogP contribution in [0.4, 0.5) is 0 Å². The molecule has 1 aromatic carbocycles. The van der Waals surface area contributed by atoms with E-state index in [-0.39, 0.29) is 18.2 Å². The summed E-state index contributed by atoms with van der Waals surface area (Å²) in [5.74, 6) is -0.587. The standard InChI is InChI=1S/C16H23NO3/c1-12-7-4-5-8-14(12)13(2)11-15(18)17(3)10-6-9-16(19)20/h4-5,7-8,13H,6,9-11H2,1-3H3,(H,19,20). The normalized spacial score (nSPS) is 11.9. The maximum Gasteiger partial charge on any atom is 0.303 e. The average Bonchev–Trinajstić information content (AvgIpc) is 2.38. The summed E-state index contributed by atoms with van der Waals surface area (Å²) < 4.78 is 0. The summed E-state index contributed by atoms with van der Waals surface area (Å²) in [6.07, 6.45) is 1.05. The summed E-state index contributed by atoms with van der Waals surface area (Å²) in [5, 5.41) is 8.59. The fourth-order valence-electron chi connectivity index (χ4n) is 2.26. The number of aliphatic carboxylic acids is 1. The van der Waals surface area contributed by atoms with Gasteiger partial charge in [0, 0.05) is 26.4 Å². The third-order valence-electron chi connectivity index (χ3n) is 3.51. The number of carbonyl (C=O) groups is 2. The Morgan fingerprint density at radius 3 is 2.55 bits per heavy atom. The molecule has 1 unspecified atom stereocenters. The predicted octanol–water partition coefficient (Wildman–Crippen LogP) is 2.81. The summed E-state index contributed by atoms with van der Waals surface area (Å²) in [5.41, 5.74) is 2.39. The molecule has 4 heteroatoms. The van der Waals surface area contributed by atoms with Crippen LogP contribution in [-0.2, 0) is 9.59 Å². The van der Waals surface area contributed by atoms with Crippen molar-refractivity contribution < 1.29 is 14.7 Å². The highest BCUT2D eigenvalue weighted by molar-refractivity contribution is 5.77. The van der Waals surface area contributed by atoms with E-state index in [2.05, 4.69) is 6.07 Å². The Labute approximate surface area is 120 Å². The van der Waals surface area contributed by atoms with Crippen LogP contribution < -0.4 is 0 Å². The molecule has 4 nitrogen and oxygen atoms in total. The van der Waals surface area contributed by atoms with E-state index in [0.29, 0.717) is 19.4 Å². The molecule has 0 radical (unpaired) electrons. The third kappa shape index (κ3) is 5.03. The smallest absolute Gasteiger partial charge is 0.303 e. The molecule has 1 aromatic rings. The zero-order chi connectivity index (χ0) is 15.1. The molecule has 0 aliphatic carbocycles. The number of aryl methyl sites for hydroxylation is 1. The van der Waals surface area contributed by atoms with E-state index in [1.165, 1.54) is 11.1 Å². The van der Waals surface area contributed by atoms with Crippen molar-refractivity contribution >= 4 is 11.9 Å². The van der Waals surface area contributed by atoms with Crippen LogP contribution in [0.15, 0.2) is 24.3 Å². The Kier molecular flexibility index (Phi) is 6.22. The Morgan fingerprint density at radius 1 is 1.30 bits per heavy atom. The van der Waals surface area contributed by atoms with Crippen molar-refractivity contribution in [2.45, 2.75) is 39.0 Å². The number of carboxylic acids is 1. The van der Waals surface area contributed by atoms with E-state index in [1.807, 2.05) is 32.0 Å². The van der Waals surface area contributed by atoms with Crippen LogP contribution in [0.5, 0.6) is 0 Å². The number of carboxylic acid groups (broad SMARTS) is 1. The fourth-order valence-corrected chi connectivity index (χ4v) is 2.26. The van der Waals surface area contributed by atoms with Crippen molar-refractivity contribution in [3.63, 3.8) is 0 Å². The van der Waals surface area contributed by atoms with Crippen LogP contribution in [-0.4, -0.2) is 35.5 Å². The van der Waals surface area contributed by atoms with Crippen molar-refractivity contribution in [3.05, 3.63) is 35.4 Å². The van der Waals surface area contributed by atoms with Gasteiger partial charge in [-0.1, -0.05) is 31.2 Å². The second kappa shape index (κ2) is 7.68. The maximum atomic E-state index is 12.1. The molecule has 0 saturated carbocycles. The van der Waals surface area contributed by atoms with Gasteiger partial charge < -0.3 is 10.0 Å². The fraction of sp³-hybridized carbons (Fsp3) is 0.500. The lowest BCUT2D eigenvalue weighted by Crippen LogP contribution is -2.29. The zero-order valence-corrected chi connectivity index (χ0v) is 12.4. The first-order valence-electron chi connectivity index (χ1n) is 6.93. The number of benzene rings is 1. The van der Waals surface area contributed by atoms with E-state index in [0.717, 1.165) is 0 Å². The highest BCUT2D eigenvalue weighted by atomic mass is 16.4. The monoisotopic (exact) mass is 277 g/mol. The topological polar surface area (TPSA) is 57.6 Å². The zero-order valence-electron chi connectivity index (χ0n) is 12.4. The van der Waals surface area contributed by atoms with Gasteiger partial charge in [0.2, 0.25) is 5.91 Å². The molecule has 0 aromatic heterocycles. The molecular weight excluding hydrogens is 254 g/mol. The second-order valence-electron chi connectivity index (χ2n) is 5.27. The van der Waals surface area contributed by atoms with Crippen molar-refractivity contribution in [1.82, 2.24) is 4.90 Å². The quantitative estimate of drug-likeness (QED) is 0.833. The number of nitrogens with zero attached hydrogens (tertiary/aromatic N) is 1.